The summed E-state index contributed by atoms with van der Waals surface area (Å²) >= 11 is 0. The summed E-state index contributed by atoms with van der Waals surface area (Å²) in [7, 11) is 0. The fourth-order valence-electron chi connectivity index (χ4n) is 2.25. The van der Waals surface area contributed by atoms with E-state index in [-0.39, 0.29) is 7.43 Å². The van der Waals surface area contributed by atoms with Crippen molar-refractivity contribution in [1.82, 2.24) is 0 Å². The van der Waals surface area contributed by atoms with Crippen molar-refractivity contribution in [2.24, 2.45) is 34.3 Å². The fraction of sp³-hybridized carbons (Fsp3) is 1.00. The molecule has 1 nitrogen and oxygen atoms in total. The van der Waals surface area contributed by atoms with E-state index in [9.17, 15) is 0 Å². The molecule has 1 heteroatoms. The van der Waals surface area contributed by atoms with Crippen molar-refractivity contribution in [1.29, 1.82) is 0 Å². The molecule has 0 aliphatic carbocycles. The van der Waals surface area contributed by atoms with Gasteiger partial charge >= 0.3 is 0 Å². The lowest BCUT2D eigenvalue weighted by Crippen LogP contribution is -2.22. The first-order chi connectivity index (χ1) is 8.80. The van der Waals surface area contributed by atoms with Crippen LogP contribution in [0, 0.1) is 28.6 Å². The Labute approximate surface area is 137 Å². The van der Waals surface area contributed by atoms with Crippen molar-refractivity contribution in [2.75, 3.05) is 6.54 Å². The summed E-state index contributed by atoms with van der Waals surface area (Å²) in [6.07, 6.45) is 3.98. The van der Waals surface area contributed by atoms with Gasteiger partial charge in [-0.1, -0.05) is 83.1 Å². The lowest BCUT2D eigenvalue weighted by atomic mass is 9.77. The van der Waals surface area contributed by atoms with Crippen molar-refractivity contribution < 1.29 is 0 Å². The molecule has 0 saturated heterocycles. The molecule has 0 aromatic rings. The molecule has 0 aliphatic rings. The molecule has 3 atom stereocenters. The SMILES string of the molecule is C.CC(C)(C)C.CCC(CC(C)C(C)CN)CC(C)(C)C. The highest BCUT2D eigenvalue weighted by atomic mass is 14.5. The van der Waals surface area contributed by atoms with E-state index in [1.165, 1.54) is 19.3 Å². The molecule has 0 fully saturated rings. The third-order valence-electron chi connectivity index (χ3n) is 3.53. The van der Waals surface area contributed by atoms with Crippen molar-refractivity contribution in [3.63, 3.8) is 0 Å². The largest absolute Gasteiger partial charge is 0.330 e. The zero-order chi connectivity index (χ0) is 16.6. The second-order valence-electron chi connectivity index (χ2n) is 9.47. The molecule has 0 amide bonds. The van der Waals surface area contributed by atoms with Gasteiger partial charge in [-0.25, -0.2) is 0 Å². The summed E-state index contributed by atoms with van der Waals surface area (Å²) in [5, 5.41) is 0. The molecule has 0 radical (unpaired) electrons. The normalized spacial score (nSPS) is 16.1. The summed E-state index contributed by atoms with van der Waals surface area (Å²) < 4.78 is 0. The lowest BCUT2D eigenvalue weighted by Gasteiger charge is -2.29. The molecule has 0 heterocycles. The number of hydrogen-bond donors (Lipinski definition) is 1. The van der Waals surface area contributed by atoms with Crippen molar-refractivity contribution >= 4 is 0 Å². The number of hydrogen-bond acceptors (Lipinski definition) is 1. The Morgan fingerprint density at radius 3 is 1.48 bits per heavy atom. The van der Waals surface area contributed by atoms with E-state index in [0.717, 1.165) is 18.4 Å². The standard InChI is InChI=1S/C14H31N.C5H12.CH4/c1-7-13(9-14(4,5)6)8-11(2)12(3)10-15;1-5(2,3)4;/h11-13H,7-10,15H2,1-6H3;1-4H3;1H4. The Bertz CT molecular complexity index is 213. The molecule has 21 heavy (non-hydrogen) atoms. The second-order valence-corrected chi connectivity index (χ2v) is 9.47. The highest BCUT2D eigenvalue weighted by molar-refractivity contribution is 4.73. The summed E-state index contributed by atoms with van der Waals surface area (Å²) in [4.78, 5) is 0. The van der Waals surface area contributed by atoms with Crippen molar-refractivity contribution in [3.8, 4) is 0 Å². The molecule has 0 spiro atoms. The van der Waals surface area contributed by atoms with E-state index in [2.05, 4.69) is 69.2 Å². The number of nitrogens with two attached hydrogens (primary N) is 1. The molecule has 2 N–H and O–H groups in total. The van der Waals surface area contributed by atoms with Crippen LogP contribution in [0.1, 0.15) is 95.9 Å². The highest BCUT2D eigenvalue weighted by Crippen LogP contribution is 2.31. The smallest absolute Gasteiger partial charge is 0.00490 e. The van der Waals surface area contributed by atoms with Crippen LogP contribution in [0.4, 0.5) is 0 Å². The molecule has 0 aromatic heterocycles. The van der Waals surface area contributed by atoms with Gasteiger partial charge in [0.1, 0.15) is 0 Å². The minimum Gasteiger partial charge on any atom is -0.330 e. The van der Waals surface area contributed by atoms with Crippen LogP contribution in [0.25, 0.3) is 0 Å². The average Bonchev–Trinajstić information content (AvgIpc) is 2.22. The quantitative estimate of drug-likeness (QED) is 0.576. The molecule has 3 unspecified atom stereocenters. The van der Waals surface area contributed by atoms with Crippen LogP contribution in [0.5, 0.6) is 0 Å². The van der Waals surface area contributed by atoms with Crippen molar-refractivity contribution in [2.45, 2.75) is 95.9 Å². The predicted octanol–water partition coefficient (Wildman–Crippen LogP) is 6.76. The minimum absolute atomic E-state index is 0. The van der Waals surface area contributed by atoms with Crippen LogP contribution in [0.15, 0.2) is 0 Å². The Morgan fingerprint density at radius 2 is 1.24 bits per heavy atom. The first-order valence-electron chi connectivity index (χ1n) is 8.50. The number of rotatable bonds is 6. The van der Waals surface area contributed by atoms with Gasteiger partial charge in [-0.05, 0) is 48.0 Å². The van der Waals surface area contributed by atoms with E-state index in [4.69, 9.17) is 5.73 Å². The first kappa shape index (κ1) is 25.9. The summed E-state index contributed by atoms with van der Waals surface area (Å²) in [6, 6.07) is 0. The van der Waals surface area contributed by atoms with Gasteiger partial charge in [-0.2, -0.15) is 0 Å². The summed E-state index contributed by atoms with van der Waals surface area (Å²) in [5.41, 5.74) is 6.68. The van der Waals surface area contributed by atoms with Crippen LogP contribution in [-0.4, -0.2) is 6.54 Å². The Hall–Kier alpha value is -0.0400. The maximum Gasteiger partial charge on any atom is -0.00490 e. The molecule has 0 aliphatic heterocycles. The van der Waals surface area contributed by atoms with Gasteiger partial charge in [0.25, 0.3) is 0 Å². The van der Waals surface area contributed by atoms with E-state index in [1.807, 2.05) is 0 Å². The fourth-order valence-corrected chi connectivity index (χ4v) is 2.25. The lowest BCUT2D eigenvalue weighted by molar-refractivity contribution is 0.228. The maximum atomic E-state index is 5.72. The van der Waals surface area contributed by atoms with Gasteiger partial charge in [0.05, 0.1) is 0 Å². The van der Waals surface area contributed by atoms with Crippen molar-refractivity contribution in [3.05, 3.63) is 0 Å². The van der Waals surface area contributed by atoms with Crippen LogP contribution in [0.3, 0.4) is 0 Å². The molecule has 0 aromatic carbocycles. The van der Waals surface area contributed by atoms with Gasteiger partial charge in [-0.3, -0.25) is 0 Å². The predicted molar refractivity (Wildman–Crippen MR) is 102 cm³/mol. The van der Waals surface area contributed by atoms with Gasteiger partial charge < -0.3 is 5.73 Å². The molecule has 132 valence electrons. The van der Waals surface area contributed by atoms with Crippen LogP contribution >= 0.6 is 0 Å². The second kappa shape index (κ2) is 11.5. The van der Waals surface area contributed by atoms with Crippen LogP contribution in [0.2, 0.25) is 0 Å². The Balaban J connectivity index is -0.000000465. The molecule has 0 bridgehead atoms. The van der Waals surface area contributed by atoms with Crippen LogP contribution < -0.4 is 5.73 Å². The van der Waals surface area contributed by atoms with E-state index >= 15 is 0 Å². The van der Waals surface area contributed by atoms with Gasteiger partial charge in [0.15, 0.2) is 0 Å². The molecule has 0 saturated carbocycles. The molecular weight excluding hydrogens is 254 g/mol. The monoisotopic (exact) mass is 301 g/mol. The minimum atomic E-state index is 0. The van der Waals surface area contributed by atoms with Gasteiger partial charge in [0, 0.05) is 0 Å². The molecule has 0 rings (SSSR count). The Morgan fingerprint density at radius 1 is 0.857 bits per heavy atom. The third kappa shape index (κ3) is 22.4. The summed E-state index contributed by atoms with van der Waals surface area (Å²) in [5.74, 6) is 2.30. The zero-order valence-electron chi connectivity index (χ0n) is 16.1. The average molecular weight is 302 g/mol. The Kier molecular flexibility index (Phi) is 14.2. The molecular formula is C20H47N. The maximum absolute atomic E-state index is 5.72. The van der Waals surface area contributed by atoms with E-state index in [1.54, 1.807) is 0 Å². The first-order valence-corrected chi connectivity index (χ1v) is 8.50. The zero-order valence-corrected chi connectivity index (χ0v) is 16.1. The highest BCUT2D eigenvalue weighted by Gasteiger charge is 2.21. The van der Waals surface area contributed by atoms with Gasteiger partial charge in [0.2, 0.25) is 0 Å². The topological polar surface area (TPSA) is 26.0 Å². The van der Waals surface area contributed by atoms with E-state index in [0.29, 0.717) is 16.7 Å². The summed E-state index contributed by atoms with van der Waals surface area (Å²) in [6.45, 7) is 23.5. The van der Waals surface area contributed by atoms with Crippen LogP contribution in [-0.2, 0) is 0 Å². The third-order valence-corrected chi connectivity index (χ3v) is 3.53. The van der Waals surface area contributed by atoms with Gasteiger partial charge in [-0.15, -0.1) is 0 Å². The van der Waals surface area contributed by atoms with E-state index < -0.39 is 0 Å².